The number of hydrogen-bond acceptors (Lipinski definition) is 3. The van der Waals surface area contributed by atoms with Crippen LogP contribution in [0.3, 0.4) is 0 Å². The van der Waals surface area contributed by atoms with Gasteiger partial charge in [-0.25, -0.2) is 4.98 Å². The van der Waals surface area contributed by atoms with Gasteiger partial charge in [0, 0.05) is 36.9 Å². The number of nitrogens with one attached hydrogen (secondary N) is 1. The van der Waals surface area contributed by atoms with E-state index in [-0.39, 0.29) is 5.91 Å². The quantitative estimate of drug-likeness (QED) is 0.867. The second-order valence-corrected chi connectivity index (χ2v) is 6.26. The van der Waals surface area contributed by atoms with Crippen LogP contribution in [0.2, 0.25) is 0 Å². The van der Waals surface area contributed by atoms with Crippen LogP contribution in [-0.4, -0.2) is 58.4 Å². The van der Waals surface area contributed by atoms with Crippen LogP contribution >= 0.6 is 0 Å². The number of aromatic nitrogens is 2. The number of carbonyl (C=O) groups is 1. The molecule has 1 amide bonds. The Labute approximate surface area is 123 Å². The highest BCUT2D eigenvalue weighted by molar-refractivity contribution is 6.05. The zero-order valence-electron chi connectivity index (χ0n) is 12.2. The van der Waals surface area contributed by atoms with Crippen molar-refractivity contribution in [3.63, 3.8) is 0 Å². The van der Waals surface area contributed by atoms with Gasteiger partial charge in [0.05, 0.1) is 5.56 Å². The molecule has 5 heteroatoms. The molecule has 2 aliphatic heterocycles. The van der Waals surface area contributed by atoms with E-state index < -0.39 is 0 Å². The van der Waals surface area contributed by atoms with Gasteiger partial charge in [0.15, 0.2) is 0 Å². The first-order valence-electron chi connectivity index (χ1n) is 7.65. The topological polar surface area (TPSA) is 52.2 Å². The maximum absolute atomic E-state index is 13.0. The second kappa shape index (κ2) is 4.84. The predicted molar refractivity (Wildman–Crippen MR) is 81.1 cm³/mol. The smallest absolute Gasteiger partial charge is 0.254 e. The lowest BCUT2D eigenvalue weighted by atomic mass is 9.93. The van der Waals surface area contributed by atoms with Crippen LogP contribution in [0.4, 0.5) is 0 Å². The summed E-state index contributed by atoms with van der Waals surface area (Å²) in [4.78, 5) is 24.8. The minimum absolute atomic E-state index is 0.166. The van der Waals surface area contributed by atoms with Crippen LogP contribution in [0.1, 0.15) is 23.2 Å². The Bertz CT molecular complexity index is 680. The van der Waals surface area contributed by atoms with Crippen molar-refractivity contribution in [2.24, 2.45) is 5.92 Å². The highest BCUT2D eigenvalue weighted by Crippen LogP contribution is 2.32. The third kappa shape index (κ3) is 2.03. The Kier molecular flexibility index (Phi) is 2.96. The SMILES string of the molecule is CN1CC[C@@H]2[C@@H](CCN2C(=O)c2ccnc3[nH]ccc23)C1. The molecule has 0 spiro atoms. The average Bonchev–Trinajstić information content (AvgIpc) is 3.11. The Hall–Kier alpha value is -1.88. The van der Waals surface area contributed by atoms with Crippen molar-refractivity contribution >= 4 is 16.9 Å². The molecular formula is C16H20N4O. The van der Waals surface area contributed by atoms with Gasteiger partial charge in [0.2, 0.25) is 0 Å². The Balaban J connectivity index is 1.65. The van der Waals surface area contributed by atoms with Crippen LogP contribution in [0.15, 0.2) is 24.5 Å². The fourth-order valence-electron chi connectivity index (χ4n) is 3.92. The van der Waals surface area contributed by atoms with Crippen molar-refractivity contribution in [2.45, 2.75) is 18.9 Å². The first kappa shape index (κ1) is 12.8. The maximum Gasteiger partial charge on any atom is 0.254 e. The van der Waals surface area contributed by atoms with Gasteiger partial charge in [-0.05, 0) is 44.5 Å². The van der Waals surface area contributed by atoms with Gasteiger partial charge in [-0.2, -0.15) is 0 Å². The van der Waals surface area contributed by atoms with Crippen molar-refractivity contribution in [1.29, 1.82) is 0 Å². The molecule has 21 heavy (non-hydrogen) atoms. The minimum Gasteiger partial charge on any atom is -0.346 e. The van der Waals surface area contributed by atoms with Crippen LogP contribution in [-0.2, 0) is 0 Å². The molecule has 110 valence electrons. The Morgan fingerprint density at radius 1 is 1.33 bits per heavy atom. The lowest BCUT2D eigenvalue weighted by Crippen LogP contribution is -2.46. The summed E-state index contributed by atoms with van der Waals surface area (Å²) >= 11 is 0. The molecule has 0 aliphatic carbocycles. The van der Waals surface area contributed by atoms with Gasteiger partial charge in [0.25, 0.3) is 5.91 Å². The molecule has 4 rings (SSSR count). The molecule has 4 heterocycles. The lowest BCUT2D eigenvalue weighted by Gasteiger charge is -2.36. The monoisotopic (exact) mass is 284 g/mol. The lowest BCUT2D eigenvalue weighted by molar-refractivity contribution is 0.0648. The maximum atomic E-state index is 13.0. The number of aromatic amines is 1. The zero-order valence-corrected chi connectivity index (χ0v) is 12.2. The molecule has 0 aromatic carbocycles. The number of H-pyrrole nitrogens is 1. The summed E-state index contributed by atoms with van der Waals surface area (Å²) in [6.07, 6.45) is 5.78. The van der Waals surface area contributed by atoms with E-state index in [4.69, 9.17) is 0 Å². The minimum atomic E-state index is 0.166. The number of pyridine rings is 1. The number of amides is 1. The zero-order chi connectivity index (χ0) is 14.4. The van der Waals surface area contributed by atoms with Gasteiger partial charge in [-0.15, -0.1) is 0 Å². The number of carbonyl (C=O) groups excluding carboxylic acids is 1. The van der Waals surface area contributed by atoms with Crippen molar-refractivity contribution in [3.05, 3.63) is 30.1 Å². The largest absolute Gasteiger partial charge is 0.346 e. The van der Waals surface area contributed by atoms with Crippen LogP contribution in [0.5, 0.6) is 0 Å². The third-order valence-electron chi connectivity index (χ3n) is 4.99. The molecule has 2 fully saturated rings. The average molecular weight is 284 g/mol. The summed E-state index contributed by atoms with van der Waals surface area (Å²) < 4.78 is 0. The van der Waals surface area contributed by atoms with Gasteiger partial charge < -0.3 is 14.8 Å². The molecule has 1 N–H and O–H groups in total. The number of rotatable bonds is 1. The Morgan fingerprint density at radius 2 is 2.24 bits per heavy atom. The number of nitrogens with zero attached hydrogens (tertiary/aromatic N) is 3. The Morgan fingerprint density at radius 3 is 3.14 bits per heavy atom. The number of hydrogen-bond donors (Lipinski definition) is 1. The molecule has 0 radical (unpaired) electrons. The van der Waals surface area contributed by atoms with Crippen molar-refractivity contribution in [1.82, 2.24) is 19.8 Å². The second-order valence-electron chi connectivity index (χ2n) is 6.26. The van der Waals surface area contributed by atoms with Crippen LogP contribution in [0, 0.1) is 5.92 Å². The highest BCUT2D eigenvalue weighted by Gasteiger charge is 2.40. The van der Waals surface area contributed by atoms with Gasteiger partial charge in [-0.3, -0.25) is 4.79 Å². The third-order valence-corrected chi connectivity index (χ3v) is 4.99. The van der Waals surface area contributed by atoms with E-state index in [1.165, 1.54) is 0 Å². The predicted octanol–water partition coefficient (Wildman–Crippen LogP) is 1.73. The summed E-state index contributed by atoms with van der Waals surface area (Å²) in [7, 11) is 2.17. The fraction of sp³-hybridized carbons (Fsp3) is 0.500. The highest BCUT2D eigenvalue weighted by atomic mass is 16.2. The molecule has 0 bridgehead atoms. The van der Waals surface area contributed by atoms with Crippen molar-refractivity contribution < 1.29 is 4.79 Å². The molecule has 0 saturated carbocycles. The molecule has 5 nitrogen and oxygen atoms in total. The van der Waals surface area contributed by atoms with Crippen LogP contribution < -0.4 is 0 Å². The molecule has 2 aliphatic rings. The standard InChI is InChI=1S/C16H20N4O/c1-19-8-5-14-11(10-19)4-9-20(14)16(21)13-3-7-18-15-12(13)2-6-17-15/h2-3,6-7,11,14H,4-5,8-10H2,1H3,(H,17,18)/t11-,14+/m0/s1. The van der Waals surface area contributed by atoms with E-state index in [0.29, 0.717) is 12.0 Å². The van der Waals surface area contributed by atoms with Gasteiger partial charge in [0.1, 0.15) is 5.65 Å². The van der Waals surface area contributed by atoms with Gasteiger partial charge >= 0.3 is 0 Å². The number of likely N-dealkylation sites (tertiary alicyclic amines) is 2. The first-order chi connectivity index (χ1) is 10.2. The van der Waals surface area contributed by atoms with Crippen LogP contribution in [0.25, 0.3) is 11.0 Å². The van der Waals surface area contributed by atoms with E-state index in [0.717, 1.165) is 49.1 Å². The summed E-state index contributed by atoms with van der Waals surface area (Å²) in [6.45, 7) is 3.08. The first-order valence-corrected chi connectivity index (χ1v) is 7.65. The van der Waals surface area contributed by atoms with E-state index in [9.17, 15) is 4.79 Å². The summed E-state index contributed by atoms with van der Waals surface area (Å²) in [5.74, 6) is 0.801. The van der Waals surface area contributed by atoms with Crippen molar-refractivity contribution in [3.8, 4) is 0 Å². The molecule has 2 aromatic rings. The molecule has 2 aromatic heterocycles. The van der Waals surface area contributed by atoms with E-state index in [2.05, 4.69) is 26.8 Å². The summed E-state index contributed by atoms with van der Waals surface area (Å²) in [6, 6.07) is 4.20. The molecule has 0 unspecified atom stereocenters. The summed E-state index contributed by atoms with van der Waals surface area (Å²) in [5.41, 5.74) is 1.57. The van der Waals surface area contributed by atoms with E-state index in [1.54, 1.807) is 6.20 Å². The van der Waals surface area contributed by atoms with Gasteiger partial charge in [-0.1, -0.05) is 0 Å². The molecule has 2 saturated heterocycles. The van der Waals surface area contributed by atoms with Crippen molar-refractivity contribution in [2.75, 3.05) is 26.7 Å². The molecule has 2 atom stereocenters. The number of fused-ring (bicyclic) bond motifs is 2. The number of piperidine rings is 1. The normalized spacial score (nSPS) is 26.2. The van der Waals surface area contributed by atoms with E-state index >= 15 is 0 Å². The fourth-order valence-corrected chi connectivity index (χ4v) is 3.92. The van der Waals surface area contributed by atoms with E-state index in [1.807, 2.05) is 18.3 Å². The molecular weight excluding hydrogens is 264 g/mol. The summed E-state index contributed by atoms with van der Waals surface area (Å²) in [5, 5.41) is 0.930.